The molecular formula is C22H26O2S. The van der Waals surface area contributed by atoms with Gasteiger partial charge in [-0.05, 0) is 49.1 Å². The van der Waals surface area contributed by atoms with Crippen molar-refractivity contribution in [2.45, 2.75) is 38.0 Å². The highest BCUT2D eigenvalue weighted by atomic mass is 32.2. The predicted octanol–water partition coefficient (Wildman–Crippen LogP) is 5.25. The standard InChI is InChI=1S/C22H26O2S/c1-3-4-11-21(19-9-6-5-7-10-19)22(12-8-17-23)25(24)20-15-13-18(2)14-16-20/h5-10,12-16,23H,3-4,11,17H2,1-2H3/b12-8-,22-21+. The summed E-state index contributed by atoms with van der Waals surface area (Å²) in [6.45, 7) is 4.11. The third kappa shape index (κ3) is 5.52. The van der Waals surface area contributed by atoms with Crippen LogP contribution in [0.5, 0.6) is 0 Å². The molecule has 0 spiro atoms. The SMILES string of the molecule is CCCC/C(=C(/C=C\CO)S(=O)c1ccc(C)cc1)c1ccccc1. The van der Waals surface area contributed by atoms with Gasteiger partial charge in [0, 0.05) is 9.80 Å². The van der Waals surface area contributed by atoms with Crippen molar-refractivity contribution in [1.82, 2.24) is 0 Å². The smallest absolute Gasteiger partial charge is 0.0852 e. The minimum Gasteiger partial charge on any atom is -0.392 e. The Hall–Kier alpha value is -1.97. The van der Waals surface area contributed by atoms with Crippen molar-refractivity contribution in [2.75, 3.05) is 6.61 Å². The van der Waals surface area contributed by atoms with E-state index < -0.39 is 10.8 Å². The van der Waals surface area contributed by atoms with E-state index in [1.54, 1.807) is 6.08 Å². The zero-order valence-electron chi connectivity index (χ0n) is 14.9. The van der Waals surface area contributed by atoms with E-state index in [0.29, 0.717) is 0 Å². The number of aliphatic hydroxyl groups is 1. The Labute approximate surface area is 153 Å². The van der Waals surface area contributed by atoms with E-state index >= 15 is 0 Å². The molecule has 0 saturated heterocycles. The van der Waals surface area contributed by atoms with Gasteiger partial charge in [0.15, 0.2) is 0 Å². The summed E-state index contributed by atoms with van der Waals surface area (Å²) in [5, 5.41) is 9.22. The summed E-state index contributed by atoms with van der Waals surface area (Å²) in [5.41, 5.74) is 3.33. The van der Waals surface area contributed by atoms with Crippen LogP contribution in [-0.4, -0.2) is 15.9 Å². The van der Waals surface area contributed by atoms with Crippen molar-refractivity contribution >= 4 is 16.4 Å². The van der Waals surface area contributed by atoms with E-state index in [1.165, 1.54) is 0 Å². The van der Waals surface area contributed by atoms with E-state index in [4.69, 9.17) is 0 Å². The van der Waals surface area contributed by atoms with Crippen molar-refractivity contribution in [3.05, 3.63) is 82.8 Å². The van der Waals surface area contributed by atoms with Crippen molar-refractivity contribution in [1.29, 1.82) is 0 Å². The molecule has 0 aliphatic carbocycles. The normalized spacial score (nSPS) is 13.7. The first-order valence-electron chi connectivity index (χ1n) is 8.71. The molecule has 0 saturated carbocycles. The average molecular weight is 355 g/mol. The van der Waals surface area contributed by atoms with Gasteiger partial charge in [-0.15, -0.1) is 0 Å². The molecule has 3 heteroatoms. The molecule has 0 amide bonds. The quantitative estimate of drug-likeness (QED) is 0.657. The van der Waals surface area contributed by atoms with Gasteiger partial charge >= 0.3 is 0 Å². The minimum atomic E-state index is -1.28. The van der Waals surface area contributed by atoms with Crippen molar-refractivity contribution in [3.8, 4) is 0 Å². The monoisotopic (exact) mass is 354 g/mol. The molecule has 25 heavy (non-hydrogen) atoms. The summed E-state index contributed by atoms with van der Waals surface area (Å²) in [7, 11) is -1.28. The van der Waals surface area contributed by atoms with Gasteiger partial charge in [0.2, 0.25) is 0 Å². The van der Waals surface area contributed by atoms with Crippen LogP contribution in [0.1, 0.15) is 37.3 Å². The number of aryl methyl sites for hydroxylation is 1. The predicted molar refractivity (Wildman–Crippen MR) is 107 cm³/mol. The second-order valence-electron chi connectivity index (χ2n) is 5.98. The molecular weight excluding hydrogens is 328 g/mol. The van der Waals surface area contributed by atoms with Gasteiger partial charge in [0.1, 0.15) is 0 Å². The molecule has 0 fully saturated rings. The first-order valence-corrected chi connectivity index (χ1v) is 9.86. The van der Waals surface area contributed by atoms with E-state index in [1.807, 2.05) is 55.5 Å². The topological polar surface area (TPSA) is 37.3 Å². The number of hydrogen-bond acceptors (Lipinski definition) is 2. The lowest BCUT2D eigenvalue weighted by Crippen LogP contribution is -2.00. The number of benzene rings is 2. The Bertz CT molecular complexity index is 743. The highest BCUT2D eigenvalue weighted by Crippen LogP contribution is 2.30. The Morgan fingerprint density at radius 3 is 2.36 bits per heavy atom. The van der Waals surface area contributed by atoms with Gasteiger partial charge in [0.05, 0.1) is 17.4 Å². The van der Waals surface area contributed by atoms with Crippen LogP contribution in [0.2, 0.25) is 0 Å². The molecule has 0 bridgehead atoms. The first kappa shape index (κ1) is 19.4. The number of unbranched alkanes of at least 4 members (excludes halogenated alkanes) is 1. The molecule has 0 aliphatic rings. The first-order chi connectivity index (χ1) is 12.2. The lowest BCUT2D eigenvalue weighted by Gasteiger charge is -2.14. The second kappa shape index (κ2) is 10.1. The van der Waals surface area contributed by atoms with Gasteiger partial charge in [-0.1, -0.05) is 67.4 Å². The lowest BCUT2D eigenvalue weighted by molar-refractivity contribution is 0.342. The van der Waals surface area contributed by atoms with Crippen LogP contribution in [0.15, 0.2) is 76.5 Å². The van der Waals surface area contributed by atoms with Crippen LogP contribution in [0, 0.1) is 6.92 Å². The maximum absolute atomic E-state index is 13.3. The molecule has 2 rings (SSSR count). The van der Waals surface area contributed by atoms with Gasteiger partial charge in [-0.3, -0.25) is 0 Å². The molecule has 2 nitrogen and oxygen atoms in total. The third-order valence-corrected chi connectivity index (χ3v) is 5.49. The van der Waals surface area contributed by atoms with Crippen LogP contribution < -0.4 is 0 Å². The summed E-state index contributed by atoms with van der Waals surface area (Å²) >= 11 is 0. The molecule has 132 valence electrons. The average Bonchev–Trinajstić information content (AvgIpc) is 2.65. The fourth-order valence-electron chi connectivity index (χ4n) is 2.63. The van der Waals surface area contributed by atoms with Crippen molar-refractivity contribution in [3.63, 3.8) is 0 Å². The summed E-state index contributed by atoms with van der Waals surface area (Å²) in [6, 6.07) is 17.9. The Morgan fingerprint density at radius 2 is 1.76 bits per heavy atom. The van der Waals surface area contributed by atoms with Gasteiger partial charge in [-0.2, -0.15) is 0 Å². The zero-order valence-corrected chi connectivity index (χ0v) is 15.8. The fraction of sp³-hybridized carbons (Fsp3) is 0.273. The van der Waals surface area contributed by atoms with Crippen LogP contribution in [0.25, 0.3) is 5.57 Å². The molecule has 0 heterocycles. The van der Waals surface area contributed by atoms with E-state index in [-0.39, 0.29) is 6.61 Å². The summed E-state index contributed by atoms with van der Waals surface area (Å²) in [5.74, 6) is 0. The summed E-state index contributed by atoms with van der Waals surface area (Å²) < 4.78 is 13.3. The maximum atomic E-state index is 13.3. The van der Waals surface area contributed by atoms with Crippen LogP contribution in [-0.2, 0) is 10.8 Å². The zero-order chi connectivity index (χ0) is 18.1. The molecule has 1 unspecified atom stereocenters. The number of allylic oxidation sites excluding steroid dienone is 2. The second-order valence-corrected chi connectivity index (χ2v) is 7.43. The summed E-state index contributed by atoms with van der Waals surface area (Å²) in [6.07, 6.45) is 6.45. The maximum Gasteiger partial charge on any atom is 0.0852 e. The minimum absolute atomic E-state index is 0.0650. The molecule has 0 aliphatic heterocycles. The van der Waals surface area contributed by atoms with Crippen LogP contribution >= 0.6 is 0 Å². The highest BCUT2D eigenvalue weighted by molar-refractivity contribution is 7.89. The van der Waals surface area contributed by atoms with Gasteiger partial charge in [0.25, 0.3) is 0 Å². The Morgan fingerprint density at radius 1 is 1.08 bits per heavy atom. The highest BCUT2D eigenvalue weighted by Gasteiger charge is 2.15. The third-order valence-electron chi connectivity index (χ3n) is 4.01. The molecule has 0 aromatic heterocycles. The molecule has 2 aromatic carbocycles. The fourth-order valence-corrected chi connectivity index (χ4v) is 3.93. The van der Waals surface area contributed by atoms with Crippen molar-refractivity contribution in [2.24, 2.45) is 0 Å². The van der Waals surface area contributed by atoms with Gasteiger partial charge in [-0.25, -0.2) is 4.21 Å². The Kier molecular flexibility index (Phi) is 7.83. The van der Waals surface area contributed by atoms with Crippen LogP contribution in [0.3, 0.4) is 0 Å². The van der Waals surface area contributed by atoms with Crippen LogP contribution in [0.4, 0.5) is 0 Å². The number of hydrogen-bond donors (Lipinski definition) is 1. The lowest BCUT2D eigenvalue weighted by atomic mass is 9.99. The van der Waals surface area contributed by atoms with E-state index in [9.17, 15) is 9.32 Å². The largest absolute Gasteiger partial charge is 0.392 e. The molecule has 2 aromatic rings. The van der Waals surface area contributed by atoms with E-state index in [0.717, 1.165) is 45.8 Å². The summed E-state index contributed by atoms with van der Waals surface area (Å²) in [4.78, 5) is 1.56. The van der Waals surface area contributed by atoms with E-state index in [2.05, 4.69) is 19.1 Å². The van der Waals surface area contributed by atoms with Crippen molar-refractivity contribution < 1.29 is 9.32 Å². The Balaban J connectivity index is 2.56. The molecule has 1 atom stereocenters. The number of aliphatic hydroxyl groups excluding tert-OH is 1. The number of rotatable bonds is 8. The van der Waals surface area contributed by atoms with Gasteiger partial charge < -0.3 is 5.11 Å². The molecule has 0 radical (unpaired) electrons. The molecule has 1 N–H and O–H groups in total.